The van der Waals surface area contributed by atoms with Gasteiger partial charge in [-0.15, -0.1) is 0 Å². The number of amides is 1. The lowest BCUT2D eigenvalue weighted by Crippen LogP contribution is -2.55. The summed E-state index contributed by atoms with van der Waals surface area (Å²) in [7, 11) is 0. The number of carboxylic acids is 1. The zero-order valence-electron chi connectivity index (χ0n) is 10.5. The van der Waals surface area contributed by atoms with E-state index in [4.69, 9.17) is 5.11 Å². The summed E-state index contributed by atoms with van der Waals surface area (Å²) in [6, 6.07) is -1.28. The summed E-state index contributed by atoms with van der Waals surface area (Å²) >= 11 is 0. The Balaban J connectivity index is 2.87. The van der Waals surface area contributed by atoms with Gasteiger partial charge in [0.05, 0.1) is 0 Å². The second kappa shape index (κ2) is 5.77. The molecule has 5 nitrogen and oxygen atoms in total. The van der Waals surface area contributed by atoms with E-state index in [0.717, 1.165) is 0 Å². The highest BCUT2D eigenvalue weighted by Gasteiger charge is 2.61. The molecule has 0 spiro atoms. The summed E-state index contributed by atoms with van der Waals surface area (Å²) in [5.41, 5.74) is -2.52. The normalized spacial score (nSPS) is 25.1. The first kappa shape index (κ1) is 15.7. The minimum Gasteiger partial charge on any atom is -0.480 e. The maximum Gasteiger partial charge on any atom is 0.404 e. The molecule has 1 unspecified atom stereocenters. The Labute approximate surface area is 108 Å². The van der Waals surface area contributed by atoms with E-state index < -0.39 is 36.1 Å². The first-order valence-corrected chi connectivity index (χ1v) is 6.06. The highest BCUT2D eigenvalue weighted by atomic mass is 19.4. The molecule has 0 aromatic rings. The molecule has 1 aliphatic heterocycles. The van der Waals surface area contributed by atoms with E-state index in [1.807, 2.05) is 5.32 Å². The topological polar surface area (TPSA) is 78.4 Å². The smallest absolute Gasteiger partial charge is 0.404 e. The van der Waals surface area contributed by atoms with Crippen LogP contribution in [0.4, 0.5) is 13.2 Å². The predicted molar refractivity (Wildman–Crippen MR) is 60.4 cm³/mol. The number of rotatable bonds is 5. The Morgan fingerprint density at radius 1 is 1.47 bits per heavy atom. The first-order chi connectivity index (χ1) is 8.74. The monoisotopic (exact) mass is 282 g/mol. The van der Waals surface area contributed by atoms with Gasteiger partial charge >= 0.3 is 12.1 Å². The molecule has 3 N–H and O–H groups in total. The van der Waals surface area contributed by atoms with Gasteiger partial charge in [0.2, 0.25) is 5.91 Å². The van der Waals surface area contributed by atoms with Gasteiger partial charge in [-0.2, -0.15) is 13.2 Å². The van der Waals surface area contributed by atoms with E-state index in [1.165, 1.54) is 0 Å². The third kappa shape index (κ3) is 3.17. The largest absolute Gasteiger partial charge is 0.480 e. The van der Waals surface area contributed by atoms with Crippen LogP contribution >= 0.6 is 0 Å². The molecule has 0 bridgehead atoms. The van der Waals surface area contributed by atoms with Crippen LogP contribution in [0.5, 0.6) is 0 Å². The number of carbonyl (C=O) groups excluding carboxylic acids is 1. The lowest BCUT2D eigenvalue weighted by Gasteiger charge is -2.30. The van der Waals surface area contributed by atoms with Gasteiger partial charge in [-0.05, 0) is 19.4 Å². The summed E-state index contributed by atoms with van der Waals surface area (Å²) < 4.78 is 39.2. The van der Waals surface area contributed by atoms with Crippen LogP contribution in [-0.2, 0) is 9.59 Å². The fourth-order valence-corrected chi connectivity index (χ4v) is 2.10. The Bertz CT molecular complexity index is 352. The van der Waals surface area contributed by atoms with Crippen molar-refractivity contribution in [3.05, 3.63) is 0 Å². The van der Waals surface area contributed by atoms with Crippen LogP contribution in [0.15, 0.2) is 0 Å². The lowest BCUT2D eigenvalue weighted by molar-refractivity contribution is -0.216. The molecular formula is C11H17F3N2O3. The average Bonchev–Trinajstić information content (AvgIpc) is 2.77. The molecule has 0 radical (unpaired) electrons. The molecule has 1 heterocycles. The SMILES string of the molecule is CCC[C@H](NC(=O)C1(C(F)(F)F)CCNC1)C(=O)O. The molecule has 1 amide bonds. The average molecular weight is 282 g/mol. The number of hydrogen-bond acceptors (Lipinski definition) is 3. The number of nitrogens with one attached hydrogen (secondary N) is 2. The van der Waals surface area contributed by atoms with E-state index in [9.17, 15) is 22.8 Å². The number of alkyl halides is 3. The van der Waals surface area contributed by atoms with Crippen molar-refractivity contribution in [2.75, 3.05) is 13.1 Å². The number of hydrogen-bond donors (Lipinski definition) is 3. The molecule has 1 rings (SSSR count). The third-order valence-electron chi connectivity index (χ3n) is 3.31. The van der Waals surface area contributed by atoms with E-state index in [2.05, 4.69) is 5.32 Å². The molecule has 8 heteroatoms. The van der Waals surface area contributed by atoms with Crippen LogP contribution in [0.1, 0.15) is 26.2 Å². The molecule has 1 fully saturated rings. The van der Waals surface area contributed by atoms with E-state index in [-0.39, 0.29) is 19.4 Å². The van der Waals surface area contributed by atoms with Crippen molar-refractivity contribution in [3.63, 3.8) is 0 Å². The van der Waals surface area contributed by atoms with Crippen molar-refractivity contribution in [1.29, 1.82) is 0 Å². The van der Waals surface area contributed by atoms with Crippen molar-refractivity contribution in [1.82, 2.24) is 10.6 Å². The van der Waals surface area contributed by atoms with Gasteiger partial charge in [0.1, 0.15) is 6.04 Å². The molecule has 0 aromatic heterocycles. The fraction of sp³-hybridized carbons (Fsp3) is 0.818. The van der Waals surface area contributed by atoms with Gasteiger partial charge in [0.25, 0.3) is 0 Å². The molecule has 1 saturated heterocycles. The van der Waals surface area contributed by atoms with Gasteiger partial charge in [0, 0.05) is 6.54 Å². The highest BCUT2D eigenvalue weighted by molar-refractivity contribution is 5.88. The minimum atomic E-state index is -4.70. The van der Waals surface area contributed by atoms with Crippen molar-refractivity contribution >= 4 is 11.9 Å². The van der Waals surface area contributed by atoms with Crippen molar-refractivity contribution in [3.8, 4) is 0 Å². The third-order valence-corrected chi connectivity index (χ3v) is 3.31. The molecule has 1 aliphatic rings. The van der Waals surface area contributed by atoms with Gasteiger partial charge in [-0.1, -0.05) is 13.3 Å². The summed E-state index contributed by atoms with van der Waals surface area (Å²) in [6.45, 7) is 1.26. The molecular weight excluding hydrogens is 265 g/mol. The van der Waals surface area contributed by atoms with Crippen LogP contribution in [0.3, 0.4) is 0 Å². The number of carboxylic acid groups (broad SMARTS) is 1. The maximum atomic E-state index is 13.1. The standard InChI is InChI=1S/C11H17F3N2O3/c1-2-3-7(8(17)18)16-9(19)10(11(12,13)14)4-5-15-6-10/h7,15H,2-6H2,1H3,(H,16,19)(H,17,18)/t7-,10?/m0/s1. The summed E-state index contributed by atoms with van der Waals surface area (Å²) in [4.78, 5) is 22.8. The molecule has 0 aliphatic carbocycles. The van der Waals surface area contributed by atoms with Gasteiger partial charge in [0.15, 0.2) is 5.41 Å². The Kier molecular flexibility index (Phi) is 4.78. The van der Waals surface area contributed by atoms with Crippen LogP contribution in [-0.4, -0.2) is 42.3 Å². The molecule has 2 atom stereocenters. The quantitative estimate of drug-likeness (QED) is 0.700. The van der Waals surface area contributed by atoms with Gasteiger partial charge in [-0.25, -0.2) is 4.79 Å². The molecule has 19 heavy (non-hydrogen) atoms. The first-order valence-electron chi connectivity index (χ1n) is 6.06. The summed E-state index contributed by atoms with van der Waals surface area (Å²) in [5, 5.41) is 13.4. The molecule has 110 valence electrons. The van der Waals surface area contributed by atoms with Crippen LogP contribution in [0.25, 0.3) is 0 Å². The molecule has 0 aromatic carbocycles. The summed E-state index contributed by atoms with van der Waals surface area (Å²) in [5.74, 6) is -2.58. The molecule has 0 saturated carbocycles. The van der Waals surface area contributed by atoms with E-state index in [0.29, 0.717) is 6.42 Å². The van der Waals surface area contributed by atoms with Crippen molar-refractivity contribution < 1.29 is 27.9 Å². The summed E-state index contributed by atoms with van der Waals surface area (Å²) in [6.07, 6.45) is -4.52. The van der Waals surface area contributed by atoms with E-state index in [1.54, 1.807) is 6.92 Å². The number of aliphatic carboxylic acids is 1. The Morgan fingerprint density at radius 3 is 2.47 bits per heavy atom. The fourth-order valence-electron chi connectivity index (χ4n) is 2.10. The highest BCUT2D eigenvalue weighted by Crippen LogP contribution is 2.43. The van der Waals surface area contributed by atoms with Crippen LogP contribution in [0, 0.1) is 5.41 Å². The second-order valence-electron chi connectivity index (χ2n) is 4.66. The minimum absolute atomic E-state index is 0.0818. The number of halogens is 3. The maximum absolute atomic E-state index is 13.1. The zero-order valence-corrected chi connectivity index (χ0v) is 10.5. The van der Waals surface area contributed by atoms with Gasteiger partial charge < -0.3 is 15.7 Å². The predicted octanol–water partition coefficient (Wildman–Crippen LogP) is 0.898. The zero-order chi connectivity index (χ0) is 14.7. The Hall–Kier alpha value is -1.31. The van der Waals surface area contributed by atoms with Gasteiger partial charge in [-0.3, -0.25) is 4.79 Å². The Morgan fingerprint density at radius 2 is 2.11 bits per heavy atom. The lowest BCUT2D eigenvalue weighted by atomic mass is 9.84. The van der Waals surface area contributed by atoms with Crippen LogP contribution in [0.2, 0.25) is 0 Å². The second-order valence-corrected chi connectivity index (χ2v) is 4.66. The van der Waals surface area contributed by atoms with Crippen molar-refractivity contribution in [2.24, 2.45) is 5.41 Å². The van der Waals surface area contributed by atoms with Crippen LogP contribution < -0.4 is 10.6 Å². The number of carbonyl (C=O) groups is 2. The van der Waals surface area contributed by atoms with E-state index >= 15 is 0 Å². The van der Waals surface area contributed by atoms with Crippen molar-refractivity contribution in [2.45, 2.75) is 38.4 Å².